The first-order chi connectivity index (χ1) is 9.51. The lowest BCUT2D eigenvalue weighted by atomic mass is 10.0. The highest BCUT2D eigenvalue weighted by molar-refractivity contribution is 5.79. The number of amides is 1. The van der Waals surface area contributed by atoms with Crippen LogP contribution in [-0.2, 0) is 14.3 Å². The van der Waals surface area contributed by atoms with E-state index < -0.39 is 23.0 Å². The van der Waals surface area contributed by atoms with E-state index >= 15 is 0 Å². The third kappa shape index (κ3) is 3.75. The van der Waals surface area contributed by atoms with Crippen molar-refractivity contribution in [1.29, 1.82) is 0 Å². The molecule has 0 aromatic heterocycles. The Balaban J connectivity index is 2.93. The second-order valence-electron chi connectivity index (χ2n) is 3.81. The van der Waals surface area contributed by atoms with Gasteiger partial charge in [-0.3, -0.25) is 14.9 Å². The normalized spacial score (nSPS) is 13.1. The zero-order valence-corrected chi connectivity index (χ0v) is 10.7. The predicted octanol–water partition coefficient (Wildman–Crippen LogP) is 0.306. The molecule has 1 rings (SSSR count). The van der Waals surface area contributed by atoms with Gasteiger partial charge in [0.05, 0.1) is 11.5 Å². The zero-order chi connectivity index (χ0) is 15.1. The molecule has 0 spiro atoms. The highest BCUT2D eigenvalue weighted by Crippen LogP contribution is 2.21. The van der Waals surface area contributed by atoms with Gasteiger partial charge in [-0.2, -0.15) is 0 Å². The Kier molecular flexibility index (Phi) is 5.60. The number of nitro benzene ring substituents is 1. The molecule has 1 aromatic carbocycles. The molecule has 0 aliphatic heterocycles. The number of esters is 1. The summed E-state index contributed by atoms with van der Waals surface area (Å²) in [5, 5.41) is 22.7. The highest BCUT2D eigenvalue weighted by atomic mass is 16.6. The summed E-state index contributed by atoms with van der Waals surface area (Å²) < 4.78 is 4.73. The molecule has 0 radical (unpaired) electrons. The number of aliphatic hydroxyl groups excluding tert-OH is 1. The number of rotatable bonds is 7. The number of carbonyl (C=O) groups is 2. The fourth-order valence-electron chi connectivity index (χ4n) is 1.58. The maximum Gasteiger partial charge on any atom is 0.331 e. The Morgan fingerprint density at radius 3 is 2.55 bits per heavy atom. The van der Waals surface area contributed by atoms with Gasteiger partial charge in [0.1, 0.15) is 6.10 Å². The number of benzene rings is 1. The van der Waals surface area contributed by atoms with E-state index in [0.717, 1.165) is 0 Å². The third-order valence-corrected chi connectivity index (χ3v) is 2.55. The Labute approximate surface area is 114 Å². The van der Waals surface area contributed by atoms with Gasteiger partial charge in [-0.15, -0.1) is 0 Å². The molecule has 0 aliphatic rings. The summed E-state index contributed by atoms with van der Waals surface area (Å²) in [7, 11) is 0. The standard InChI is InChI=1S/C12H14N2O6/c1-2-20-12(17)10(13-7-15)11(16)8-3-5-9(6-4-8)14(18)19/h3-7,10-11,16H,2H2,1H3,(H,13,15). The minimum absolute atomic E-state index is 0.100. The monoisotopic (exact) mass is 282 g/mol. The van der Waals surface area contributed by atoms with Crippen LogP contribution in [0, 0.1) is 10.1 Å². The molecule has 0 fully saturated rings. The molecule has 2 atom stereocenters. The number of nitrogens with one attached hydrogen (secondary N) is 1. The first-order valence-electron chi connectivity index (χ1n) is 5.80. The van der Waals surface area contributed by atoms with Gasteiger partial charge < -0.3 is 15.2 Å². The maximum atomic E-state index is 11.6. The fraction of sp³-hybridized carbons (Fsp3) is 0.333. The van der Waals surface area contributed by atoms with Crippen molar-refractivity contribution in [2.75, 3.05) is 6.61 Å². The molecule has 8 nitrogen and oxygen atoms in total. The summed E-state index contributed by atoms with van der Waals surface area (Å²) in [6, 6.07) is 3.74. The average Bonchev–Trinajstić information content (AvgIpc) is 2.44. The van der Waals surface area contributed by atoms with Gasteiger partial charge >= 0.3 is 5.97 Å². The molecule has 0 bridgehead atoms. The number of nitrogens with zero attached hydrogens (tertiary/aromatic N) is 1. The number of hydrogen-bond donors (Lipinski definition) is 2. The molecule has 0 heterocycles. The highest BCUT2D eigenvalue weighted by Gasteiger charge is 2.29. The van der Waals surface area contributed by atoms with Gasteiger partial charge in [0.25, 0.3) is 5.69 Å². The second-order valence-corrected chi connectivity index (χ2v) is 3.81. The molecule has 0 saturated heterocycles. The lowest BCUT2D eigenvalue weighted by Gasteiger charge is -2.20. The summed E-state index contributed by atoms with van der Waals surface area (Å²) in [6.45, 7) is 1.69. The van der Waals surface area contributed by atoms with E-state index in [4.69, 9.17) is 4.74 Å². The van der Waals surface area contributed by atoms with Crippen LogP contribution in [0.25, 0.3) is 0 Å². The van der Waals surface area contributed by atoms with E-state index in [0.29, 0.717) is 0 Å². The quantitative estimate of drug-likeness (QED) is 0.321. The molecule has 20 heavy (non-hydrogen) atoms. The van der Waals surface area contributed by atoms with Crippen LogP contribution in [0.3, 0.4) is 0 Å². The average molecular weight is 282 g/mol. The first kappa shape index (κ1) is 15.6. The molecule has 0 aliphatic carbocycles. The predicted molar refractivity (Wildman–Crippen MR) is 67.7 cm³/mol. The van der Waals surface area contributed by atoms with Crippen LogP contribution >= 0.6 is 0 Å². The van der Waals surface area contributed by atoms with Gasteiger partial charge in [0.2, 0.25) is 6.41 Å². The van der Waals surface area contributed by atoms with E-state index in [1.807, 2.05) is 0 Å². The lowest BCUT2D eigenvalue weighted by Crippen LogP contribution is -2.42. The van der Waals surface area contributed by atoms with Crippen LogP contribution in [0.4, 0.5) is 5.69 Å². The van der Waals surface area contributed by atoms with E-state index in [-0.39, 0.29) is 24.3 Å². The summed E-state index contributed by atoms with van der Waals surface area (Å²) in [5.74, 6) is -0.787. The van der Waals surface area contributed by atoms with E-state index in [2.05, 4.69) is 5.32 Å². The number of nitro groups is 1. The van der Waals surface area contributed by atoms with Crippen LogP contribution in [0.5, 0.6) is 0 Å². The van der Waals surface area contributed by atoms with Crippen molar-refractivity contribution in [1.82, 2.24) is 5.32 Å². The Hall–Kier alpha value is -2.48. The minimum Gasteiger partial charge on any atom is -0.464 e. The van der Waals surface area contributed by atoms with E-state index in [1.54, 1.807) is 6.92 Å². The number of ether oxygens (including phenoxy) is 1. The summed E-state index contributed by atoms with van der Waals surface area (Å²) in [5.41, 5.74) is 0.111. The lowest BCUT2D eigenvalue weighted by molar-refractivity contribution is -0.384. The molecular weight excluding hydrogens is 268 g/mol. The summed E-state index contributed by atoms with van der Waals surface area (Å²) in [4.78, 5) is 32.0. The van der Waals surface area contributed by atoms with Gasteiger partial charge in [-0.25, -0.2) is 4.79 Å². The second kappa shape index (κ2) is 7.19. The largest absolute Gasteiger partial charge is 0.464 e. The molecule has 8 heteroatoms. The van der Waals surface area contributed by atoms with Gasteiger partial charge in [0.15, 0.2) is 6.04 Å². The number of non-ortho nitro benzene ring substituents is 1. The van der Waals surface area contributed by atoms with Crippen LogP contribution in [0.15, 0.2) is 24.3 Å². The van der Waals surface area contributed by atoms with Crippen LogP contribution in [0.1, 0.15) is 18.6 Å². The van der Waals surface area contributed by atoms with Gasteiger partial charge in [-0.1, -0.05) is 0 Å². The molecular formula is C12H14N2O6. The number of hydrogen-bond acceptors (Lipinski definition) is 6. The fourth-order valence-corrected chi connectivity index (χ4v) is 1.58. The van der Waals surface area contributed by atoms with Crippen molar-refractivity contribution in [3.63, 3.8) is 0 Å². The maximum absolute atomic E-state index is 11.6. The Morgan fingerprint density at radius 2 is 2.10 bits per heavy atom. The van der Waals surface area contributed by atoms with E-state index in [1.165, 1.54) is 24.3 Å². The topological polar surface area (TPSA) is 119 Å². The van der Waals surface area contributed by atoms with Crippen LogP contribution in [0.2, 0.25) is 0 Å². The van der Waals surface area contributed by atoms with Crippen molar-refractivity contribution >= 4 is 18.1 Å². The molecule has 0 saturated carbocycles. The minimum atomic E-state index is -1.36. The number of carbonyl (C=O) groups excluding carboxylic acids is 2. The smallest absolute Gasteiger partial charge is 0.331 e. The Bertz CT molecular complexity index is 487. The zero-order valence-electron chi connectivity index (χ0n) is 10.7. The van der Waals surface area contributed by atoms with Crippen LogP contribution < -0.4 is 5.32 Å². The number of aliphatic hydroxyl groups is 1. The summed E-state index contributed by atoms with van der Waals surface area (Å²) >= 11 is 0. The van der Waals surface area contributed by atoms with Crippen molar-refractivity contribution in [2.45, 2.75) is 19.1 Å². The summed E-state index contributed by atoms with van der Waals surface area (Å²) in [6.07, 6.45) is -1.09. The third-order valence-electron chi connectivity index (χ3n) is 2.55. The van der Waals surface area contributed by atoms with Crippen molar-refractivity contribution in [3.8, 4) is 0 Å². The van der Waals surface area contributed by atoms with Gasteiger partial charge in [-0.05, 0) is 24.6 Å². The SMILES string of the molecule is CCOC(=O)C(NC=O)C(O)c1ccc([N+](=O)[O-])cc1. The molecule has 108 valence electrons. The first-order valence-corrected chi connectivity index (χ1v) is 5.80. The van der Waals surface area contributed by atoms with Gasteiger partial charge in [0, 0.05) is 12.1 Å². The molecule has 1 aromatic rings. The molecule has 2 N–H and O–H groups in total. The Morgan fingerprint density at radius 1 is 1.50 bits per heavy atom. The molecule has 2 unspecified atom stereocenters. The van der Waals surface area contributed by atoms with Crippen molar-refractivity contribution in [3.05, 3.63) is 39.9 Å². The van der Waals surface area contributed by atoms with Crippen LogP contribution in [-0.4, -0.2) is 35.1 Å². The van der Waals surface area contributed by atoms with Crippen molar-refractivity contribution in [2.24, 2.45) is 0 Å². The van der Waals surface area contributed by atoms with E-state index in [9.17, 15) is 24.8 Å². The molecule has 1 amide bonds. The van der Waals surface area contributed by atoms with Crippen molar-refractivity contribution < 1.29 is 24.4 Å².